The van der Waals surface area contributed by atoms with Crippen molar-refractivity contribution in [1.82, 2.24) is 34.7 Å². The van der Waals surface area contributed by atoms with Crippen LogP contribution in [0, 0.1) is 0 Å². The second-order valence-electron chi connectivity index (χ2n) is 9.84. The molecule has 1 N–H and O–H groups in total. The fourth-order valence-corrected chi connectivity index (χ4v) is 5.20. The predicted octanol–water partition coefficient (Wildman–Crippen LogP) is 5.79. The van der Waals surface area contributed by atoms with Crippen LogP contribution >= 0.6 is 0 Å². The minimum Gasteiger partial charge on any atom is -0.292 e. The molecule has 8 nitrogen and oxygen atoms in total. The van der Waals surface area contributed by atoms with E-state index in [9.17, 15) is 4.79 Å². The van der Waals surface area contributed by atoms with E-state index < -0.39 is 0 Å². The highest BCUT2D eigenvalue weighted by molar-refractivity contribution is 5.79. The molecule has 0 aliphatic heterocycles. The Labute approximate surface area is 228 Å². The first-order chi connectivity index (χ1) is 19.1. The van der Waals surface area contributed by atoms with Crippen LogP contribution in [0.1, 0.15) is 62.4 Å². The number of para-hydroxylation sites is 1. The average molecular weight is 522 g/mol. The highest BCUT2D eigenvalue weighted by Gasteiger charge is 2.18. The number of unbranched alkanes of at least 4 members (excludes halogenated alkanes) is 1. The largest absolute Gasteiger partial charge is 0.333 e. The molecule has 0 saturated carbocycles. The second kappa shape index (κ2) is 12.0. The Morgan fingerprint density at radius 3 is 2.44 bits per heavy atom. The molecule has 3 aromatic heterocycles. The van der Waals surface area contributed by atoms with Crippen LogP contribution in [0.5, 0.6) is 0 Å². The molecule has 0 atom stereocenters. The van der Waals surface area contributed by atoms with Crippen molar-refractivity contribution in [2.45, 2.75) is 65.8 Å². The van der Waals surface area contributed by atoms with E-state index in [-0.39, 0.29) is 5.69 Å². The Morgan fingerprint density at radius 1 is 0.897 bits per heavy atom. The zero-order chi connectivity index (χ0) is 27.2. The normalized spacial score (nSPS) is 11.3. The molecule has 0 bridgehead atoms. The maximum atomic E-state index is 13.9. The maximum Gasteiger partial charge on any atom is 0.333 e. The van der Waals surface area contributed by atoms with Crippen LogP contribution < -0.4 is 5.69 Å². The monoisotopic (exact) mass is 521 g/mol. The fourth-order valence-electron chi connectivity index (χ4n) is 5.20. The summed E-state index contributed by atoms with van der Waals surface area (Å²) in [5, 5.41) is 14.4. The second-order valence-corrected chi connectivity index (χ2v) is 9.84. The molecule has 8 heteroatoms. The minimum absolute atomic E-state index is 0.0250. The lowest BCUT2D eigenvalue weighted by Gasteiger charge is -2.14. The minimum atomic E-state index is 0.0250. The van der Waals surface area contributed by atoms with Gasteiger partial charge in [0.15, 0.2) is 0 Å². The van der Waals surface area contributed by atoms with Gasteiger partial charge in [-0.1, -0.05) is 76.1 Å². The zero-order valence-electron chi connectivity index (χ0n) is 22.9. The van der Waals surface area contributed by atoms with Gasteiger partial charge in [0.25, 0.3) is 0 Å². The summed E-state index contributed by atoms with van der Waals surface area (Å²) in [6.45, 7) is 7.05. The van der Waals surface area contributed by atoms with Gasteiger partial charge < -0.3 is 0 Å². The van der Waals surface area contributed by atoms with Crippen molar-refractivity contribution in [2.24, 2.45) is 0 Å². The number of hydrogen-bond donors (Lipinski definition) is 1. The number of imidazole rings is 1. The predicted molar refractivity (Wildman–Crippen MR) is 154 cm³/mol. The number of hydrogen-bond acceptors (Lipinski definition) is 5. The number of tetrazole rings is 1. The number of aromatic amines is 1. The van der Waals surface area contributed by atoms with E-state index in [1.54, 1.807) is 12.4 Å². The van der Waals surface area contributed by atoms with Crippen molar-refractivity contribution >= 4 is 0 Å². The van der Waals surface area contributed by atoms with E-state index >= 15 is 0 Å². The number of aromatic nitrogens is 7. The fraction of sp³-hybridized carbons (Fsp3) is 0.323. The zero-order valence-corrected chi connectivity index (χ0v) is 22.9. The molecular formula is C31H35N7O. The summed E-state index contributed by atoms with van der Waals surface area (Å²) in [4.78, 5) is 18.2. The number of nitrogens with one attached hydrogen (secondary N) is 1. The SMILES string of the molecule is CCCCc1cn(-c2c(CC)cccc2CCC)c(=O)n1Cc1ccc(-c2ccncc2-c2nn[nH]n2)cc1. The van der Waals surface area contributed by atoms with E-state index in [0.29, 0.717) is 12.4 Å². The molecule has 0 aliphatic carbocycles. The van der Waals surface area contributed by atoms with Crippen molar-refractivity contribution < 1.29 is 0 Å². The summed E-state index contributed by atoms with van der Waals surface area (Å²) in [5.41, 5.74) is 8.49. The Bertz CT molecular complexity index is 1580. The lowest BCUT2D eigenvalue weighted by atomic mass is 10.00. The van der Waals surface area contributed by atoms with Crippen molar-refractivity contribution in [3.05, 3.63) is 100.0 Å². The topological polar surface area (TPSA) is 94.3 Å². The molecule has 5 rings (SSSR count). The number of nitrogens with zero attached hydrogens (tertiary/aromatic N) is 6. The molecular weight excluding hydrogens is 486 g/mol. The molecule has 0 radical (unpaired) electrons. The van der Waals surface area contributed by atoms with Crippen molar-refractivity contribution in [1.29, 1.82) is 0 Å². The van der Waals surface area contributed by atoms with Gasteiger partial charge in [-0.25, -0.2) is 4.79 Å². The number of H-pyrrole nitrogens is 1. The lowest BCUT2D eigenvalue weighted by molar-refractivity contribution is 0.673. The van der Waals surface area contributed by atoms with Gasteiger partial charge in [-0.15, -0.1) is 10.2 Å². The standard InChI is InChI=1S/C31H35N7O/c1-4-7-12-26-21-38(29-23(6-3)10-8-11-25(29)9-5-2)31(39)37(26)20-22-13-15-24(16-14-22)27-17-18-32-19-28(27)30-33-35-36-34-30/h8,10-11,13-19,21H,4-7,9,12,20H2,1-3H3,(H,33,34,35,36). The Hall–Kier alpha value is -4.33. The van der Waals surface area contributed by atoms with E-state index in [1.165, 1.54) is 11.1 Å². The van der Waals surface area contributed by atoms with E-state index in [0.717, 1.165) is 72.2 Å². The van der Waals surface area contributed by atoms with Gasteiger partial charge in [0.2, 0.25) is 5.82 Å². The quantitative estimate of drug-likeness (QED) is 0.238. The molecule has 200 valence electrons. The number of pyridine rings is 1. The lowest BCUT2D eigenvalue weighted by Crippen LogP contribution is -2.26. The van der Waals surface area contributed by atoms with Gasteiger partial charge in [-0.2, -0.15) is 5.21 Å². The third-order valence-corrected chi connectivity index (χ3v) is 7.21. The first-order valence-electron chi connectivity index (χ1n) is 13.8. The Balaban J connectivity index is 1.51. The smallest absolute Gasteiger partial charge is 0.292 e. The summed E-state index contributed by atoms with van der Waals surface area (Å²) < 4.78 is 3.85. The van der Waals surface area contributed by atoms with Crippen LogP contribution in [-0.4, -0.2) is 34.7 Å². The highest BCUT2D eigenvalue weighted by Crippen LogP contribution is 2.29. The molecule has 0 spiro atoms. The molecule has 3 heterocycles. The molecule has 0 unspecified atom stereocenters. The van der Waals surface area contributed by atoms with Crippen LogP contribution in [0.25, 0.3) is 28.2 Å². The summed E-state index contributed by atoms with van der Waals surface area (Å²) >= 11 is 0. The first-order valence-corrected chi connectivity index (χ1v) is 13.8. The van der Waals surface area contributed by atoms with Crippen LogP contribution in [0.2, 0.25) is 0 Å². The molecule has 0 fully saturated rings. The van der Waals surface area contributed by atoms with Gasteiger partial charge in [0, 0.05) is 29.8 Å². The first kappa shape index (κ1) is 26.3. The summed E-state index contributed by atoms with van der Waals surface area (Å²) in [5.74, 6) is 0.505. The number of rotatable bonds is 11. The third kappa shape index (κ3) is 5.46. The highest BCUT2D eigenvalue weighted by atomic mass is 16.1. The van der Waals surface area contributed by atoms with E-state index in [2.05, 4.69) is 95.0 Å². The Morgan fingerprint density at radius 2 is 1.72 bits per heavy atom. The number of benzene rings is 2. The maximum absolute atomic E-state index is 13.9. The molecule has 0 amide bonds. The molecule has 2 aromatic carbocycles. The number of aryl methyl sites for hydroxylation is 3. The molecule has 0 aliphatic rings. The summed E-state index contributed by atoms with van der Waals surface area (Å²) in [6, 6.07) is 16.7. The van der Waals surface area contributed by atoms with Crippen molar-refractivity contribution in [3.63, 3.8) is 0 Å². The van der Waals surface area contributed by atoms with Crippen molar-refractivity contribution in [2.75, 3.05) is 0 Å². The van der Waals surface area contributed by atoms with Gasteiger partial charge >= 0.3 is 5.69 Å². The van der Waals surface area contributed by atoms with Crippen LogP contribution in [0.4, 0.5) is 0 Å². The summed E-state index contributed by atoms with van der Waals surface area (Å²) in [6.07, 6.45) is 11.5. The molecule has 5 aromatic rings. The Kier molecular flexibility index (Phi) is 8.10. The molecule has 39 heavy (non-hydrogen) atoms. The van der Waals surface area contributed by atoms with E-state index in [1.807, 2.05) is 15.2 Å². The van der Waals surface area contributed by atoms with Crippen molar-refractivity contribution in [3.8, 4) is 28.2 Å². The van der Waals surface area contributed by atoms with Gasteiger partial charge in [0.1, 0.15) is 0 Å². The van der Waals surface area contributed by atoms with Crippen LogP contribution in [0.3, 0.4) is 0 Å². The average Bonchev–Trinajstić information content (AvgIpc) is 3.61. The van der Waals surface area contributed by atoms with Gasteiger partial charge in [0.05, 0.1) is 12.2 Å². The van der Waals surface area contributed by atoms with Crippen LogP contribution in [-0.2, 0) is 25.8 Å². The van der Waals surface area contributed by atoms with E-state index in [4.69, 9.17) is 0 Å². The third-order valence-electron chi connectivity index (χ3n) is 7.21. The van der Waals surface area contributed by atoms with Gasteiger partial charge in [-0.05, 0) is 64.8 Å². The van der Waals surface area contributed by atoms with Gasteiger partial charge in [-0.3, -0.25) is 14.1 Å². The van der Waals surface area contributed by atoms with Crippen LogP contribution in [0.15, 0.2) is 71.9 Å². The molecule has 0 saturated heterocycles. The summed E-state index contributed by atoms with van der Waals surface area (Å²) in [7, 11) is 0.